The molecule has 4 rings (SSSR count). The van der Waals surface area contributed by atoms with E-state index in [1.165, 1.54) is 16.5 Å². The summed E-state index contributed by atoms with van der Waals surface area (Å²) in [7, 11) is 4.09. The summed E-state index contributed by atoms with van der Waals surface area (Å²) < 4.78 is 2.04. The number of imidazole rings is 1. The lowest BCUT2D eigenvalue weighted by atomic mass is 10.0. The molecule has 1 fully saturated rings. The van der Waals surface area contributed by atoms with Crippen LogP contribution in [0.1, 0.15) is 22.7 Å². The van der Waals surface area contributed by atoms with Crippen LogP contribution >= 0.6 is 0 Å². The van der Waals surface area contributed by atoms with Crippen LogP contribution in [0.25, 0.3) is 10.9 Å². The zero-order valence-corrected chi connectivity index (χ0v) is 16.7. The second-order valence-corrected chi connectivity index (χ2v) is 7.83. The maximum atomic E-state index is 12.5. The Morgan fingerprint density at radius 2 is 2.18 bits per heavy atom. The highest BCUT2D eigenvalue weighted by Crippen LogP contribution is 2.26. The van der Waals surface area contributed by atoms with Gasteiger partial charge in [0.2, 0.25) is 0 Å². The summed E-state index contributed by atoms with van der Waals surface area (Å²) >= 11 is 0. The number of H-pyrrole nitrogens is 1. The predicted octanol–water partition coefficient (Wildman–Crippen LogP) is 2.15. The monoisotopic (exact) mass is 380 g/mol. The Balaban J connectivity index is 1.34. The number of aromatic amines is 1. The molecule has 7 heteroatoms. The Kier molecular flexibility index (Phi) is 5.09. The Bertz CT molecular complexity index is 974. The Hall–Kier alpha value is -2.80. The van der Waals surface area contributed by atoms with Gasteiger partial charge in [-0.05, 0) is 37.6 Å². The molecule has 0 unspecified atom stereocenters. The van der Waals surface area contributed by atoms with Crippen LogP contribution in [0.5, 0.6) is 0 Å². The Morgan fingerprint density at radius 1 is 1.32 bits per heavy atom. The average molecular weight is 380 g/mol. The van der Waals surface area contributed by atoms with Crippen LogP contribution in [0.3, 0.4) is 0 Å². The molecule has 0 bridgehead atoms. The van der Waals surface area contributed by atoms with E-state index < -0.39 is 0 Å². The molecule has 1 aromatic carbocycles. The summed E-state index contributed by atoms with van der Waals surface area (Å²) in [5.74, 6) is 0.250. The molecule has 3 heterocycles. The van der Waals surface area contributed by atoms with Crippen LogP contribution < -0.4 is 10.6 Å². The van der Waals surface area contributed by atoms with E-state index >= 15 is 0 Å². The Morgan fingerprint density at radius 3 is 2.96 bits per heavy atom. The van der Waals surface area contributed by atoms with E-state index in [9.17, 15) is 4.79 Å². The number of hydrogen-bond donors (Lipinski definition) is 3. The predicted molar refractivity (Wildman–Crippen MR) is 111 cm³/mol. The van der Waals surface area contributed by atoms with E-state index in [1.807, 2.05) is 30.3 Å². The van der Waals surface area contributed by atoms with Gasteiger partial charge in [0, 0.05) is 61.6 Å². The number of aryl methyl sites for hydroxylation is 2. The van der Waals surface area contributed by atoms with E-state index in [0.29, 0.717) is 6.54 Å². The molecule has 2 amide bonds. The molecule has 0 radical (unpaired) electrons. The molecule has 0 aliphatic carbocycles. The fourth-order valence-corrected chi connectivity index (χ4v) is 4.35. The van der Waals surface area contributed by atoms with Crippen LogP contribution in [-0.2, 0) is 13.5 Å². The van der Waals surface area contributed by atoms with Gasteiger partial charge in [-0.25, -0.2) is 9.78 Å². The number of likely N-dealkylation sites (tertiary alicyclic amines) is 1. The topological polar surface area (TPSA) is 78.0 Å². The Labute approximate surface area is 165 Å². The third-order valence-corrected chi connectivity index (χ3v) is 5.73. The van der Waals surface area contributed by atoms with Gasteiger partial charge in [0.1, 0.15) is 0 Å². The maximum Gasteiger partial charge on any atom is 0.315 e. The molecule has 0 saturated carbocycles. The molecule has 28 heavy (non-hydrogen) atoms. The van der Waals surface area contributed by atoms with Crippen molar-refractivity contribution in [2.24, 2.45) is 7.05 Å². The summed E-state index contributed by atoms with van der Waals surface area (Å²) in [6, 6.07) is 6.23. The first-order chi connectivity index (χ1) is 13.5. The van der Waals surface area contributed by atoms with Crippen LogP contribution in [0.4, 0.5) is 4.79 Å². The minimum atomic E-state index is -0.107. The number of hydrogen-bond acceptors (Lipinski definition) is 3. The quantitative estimate of drug-likeness (QED) is 0.635. The van der Waals surface area contributed by atoms with Crippen molar-refractivity contribution in [1.29, 1.82) is 0 Å². The number of urea groups is 1. The third kappa shape index (κ3) is 3.62. The number of nitrogens with zero attached hydrogens (tertiary/aromatic N) is 3. The van der Waals surface area contributed by atoms with Crippen molar-refractivity contribution < 1.29 is 4.79 Å². The van der Waals surface area contributed by atoms with Crippen molar-refractivity contribution in [3.8, 4) is 0 Å². The molecule has 1 saturated heterocycles. The van der Waals surface area contributed by atoms with Crippen LogP contribution in [-0.4, -0.2) is 58.2 Å². The van der Waals surface area contributed by atoms with E-state index in [4.69, 9.17) is 0 Å². The van der Waals surface area contributed by atoms with Crippen LogP contribution in [0, 0.1) is 6.92 Å². The maximum absolute atomic E-state index is 12.5. The summed E-state index contributed by atoms with van der Waals surface area (Å²) in [6.45, 7) is 4.48. The number of benzene rings is 1. The van der Waals surface area contributed by atoms with E-state index in [-0.39, 0.29) is 18.0 Å². The fourth-order valence-electron chi connectivity index (χ4n) is 4.35. The molecule has 2 atom stereocenters. The molecule has 2 aromatic heterocycles. The zero-order chi connectivity index (χ0) is 19.7. The first-order valence-corrected chi connectivity index (χ1v) is 9.77. The number of rotatable bonds is 5. The van der Waals surface area contributed by atoms with Gasteiger partial charge >= 0.3 is 6.03 Å². The van der Waals surface area contributed by atoms with Crippen molar-refractivity contribution in [3.05, 3.63) is 53.7 Å². The lowest BCUT2D eigenvalue weighted by Gasteiger charge is -2.20. The lowest BCUT2D eigenvalue weighted by molar-refractivity contribution is 0.236. The minimum absolute atomic E-state index is 0.0794. The summed E-state index contributed by atoms with van der Waals surface area (Å²) in [4.78, 5) is 22.3. The highest BCUT2D eigenvalue weighted by Gasteiger charge is 2.34. The van der Waals surface area contributed by atoms with Gasteiger partial charge in [0.25, 0.3) is 0 Å². The number of carbonyl (C=O) groups is 1. The van der Waals surface area contributed by atoms with Crippen LogP contribution in [0.2, 0.25) is 0 Å². The molecular formula is C21H28N6O. The highest BCUT2D eigenvalue weighted by atomic mass is 16.2. The number of aromatic nitrogens is 3. The van der Waals surface area contributed by atoms with Crippen molar-refractivity contribution >= 4 is 16.9 Å². The SMILES string of the molecule is Cc1cccc2[nH]cc(CCNC(=O)N[C@@H]3CN(C)C[C@H]3c3cncn3C)c12. The second-order valence-electron chi connectivity index (χ2n) is 7.83. The molecule has 3 N–H and O–H groups in total. The fraction of sp³-hybridized carbons (Fsp3) is 0.429. The van der Waals surface area contributed by atoms with Crippen molar-refractivity contribution in [1.82, 2.24) is 30.1 Å². The van der Waals surface area contributed by atoms with Crippen molar-refractivity contribution in [2.45, 2.75) is 25.3 Å². The molecule has 1 aliphatic heterocycles. The first-order valence-electron chi connectivity index (χ1n) is 9.77. The number of nitrogens with one attached hydrogen (secondary N) is 3. The van der Waals surface area contributed by atoms with Gasteiger partial charge < -0.3 is 25.1 Å². The van der Waals surface area contributed by atoms with E-state index in [1.54, 1.807) is 0 Å². The van der Waals surface area contributed by atoms with Gasteiger partial charge in [-0.2, -0.15) is 0 Å². The van der Waals surface area contributed by atoms with Crippen molar-refractivity contribution in [2.75, 3.05) is 26.7 Å². The minimum Gasteiger partial charge on any atom is -0.361 e. The lowest BCUT2D eigenvalue weighted by Crippen LogP contribution is -2.45. The molecular weight excluding hydrogens is 352 g/mol. The zero-order valence-electron chi connectivity index (χ0n) is 16.7. The molecule has 148 valence electrons. The van der Waals surface area contributed by atoms with Gasteiger partial charge in [-0.1, -0.05) is 12.1 Å². The number of fused-ring (bicyclic) bond motifs is 1. The average Bonchev–Trinajstić information content (AvgIpc) is 3.35. The molecule has 0 spiro atoms. The molecule has 7 nitrogen and oxygen atoms in total. The number of carbonyl (C=O) groups excluding carboxylic acids is 1. The number of amides is 2. The standard InChI is InChI=1S/C21H28N6O/c1-14-5-4-6-17-20(14)15(9-24-17)7-8-23-21(28)25-18-12-26(2)11-16(18)19-10-22-13-27(19)3/h4-6,9-10,13,16,18,24H,7-8,11-12H2,1-3H3,(H2,23,25,28)/t16-,18-/m1/s1. The van der Waals surface area contributed by atoms with E-state index in [0.717, 1.165) is 30.7 Å². The normalized spacial score (nSPS) is 20.0. The third-order valence-electron chi connectivity index (χ3n) is 5.73. The summed E-state index contributed by atoms with van der Waals surface area (Å²) in [5, 5.41) is 7.45. The number of likely N-dealkylation sites (N-methyl/N-ethyl adjacent to an activating group) is 1. The summed E-state index contributed by atoms with van der Waals surface area (Å²) in [6.07, 6.45) is 6.55. The second kappa shape index (κ2) is 7.67. The van der Waals surface area contributed by atoms with Crippen LogP contribution in [0.15, 0.2) is 36.9 Å². The molecule has 3 aromatic rings. The van der Waals surface area contributed by atoms with Gasteiger partial charge in [0.15, 0.2) is 0 Å². The smallest absolute Gasteiger partial charge is 0.315 e. The van der Waals surface area contributed by atoms with E-state index in [2.05, 4.69) is 57.7 Å². The van der Waals surface area contributed by atoms with Crippen molar-refractivity contribution in [3.63, 3.8) is 0 Å². The largest absolute Gasteiger partial charge is 0.361 e. The highest BCUT2D eigenvalue weighted by molar-refractivity contribution is 5.86. The molecule has 1 aliphatic rings. The summed E-state index contributed by atoms with van der Waals surface area (Å²) in [5.41, 5.74) is 4.80. The van der Waals surface area contributed by atoms with Gasteiger partial charge in [-0.15, -0.1) is 0 Å². The first kappa shape index (κ1) is 18.6. The van der Waals surface area contributed by atoms with Gasteiger partial charge in [0.05, 0.1) is 12.4 Å². The van der Waals surface area contributed by atoms with Gasteiger partial charge in [-0.3, -0.25) is 0 Å².